The lowest BCUT2D eigenvalue weighted by molar-refractivity contribution is -0.118. The van der Waals surface area contributed by atoms with Crippen LogP contribution in [0.3, 0.4) is 0 Å². The fourth-order valence-corrected chi connectivity index (χ4v) is 1.40. The standard InChI is InChI=1S/C9H17NO3S.C2H6/c1-4-13-9(12)10-8(7(2)11)5-6-14-3;1-2/h8H,4-6H2,1-3H3,(H,10,12);1-2H3. The maximum atomic E-state index is 11.1. The van der Waals surface area contributed by atoms with Crippen LogP contribution in [0.15, 0.2) is 0 Å². The van der Waals surface area contributed by atoms with Gasteiger partial charge in [0.05, 0.1) is 12.6 Å². The molecule has 16 heavy (non-hydrogen) atoms. The number of alkyl carbamates (subject to hydrolysis) is 1. The van der Waals surface area contributed by atoms with Crippen LogP contribution >= 0.6 is 11.8 Å². The molecule has 1 unspecified atom stereocenters. The number of Topliss-reactive ketones (excluding diaryl/α,β-unsaturated/α-hetero) is 1. The zero-order valence-electron chi connectivity index (χ0n) is 10.8. The second kappa shape index (κ2) is 12.4. The van der Waals surface area contributed by atoms with Crippen LogP contribution in [0.2, 0.25) is 0 Å². The van der Waals surface area contributed by atoms with Gasteiger partial charge < -0.3 is 10.1 Å². The Morgan fingerprint density at radius 3 is 2.31 bits per heavy atom. The van der Waals surface area contributed by atoms with Crippen LogP contribution in [0.5, 0.6) is 0 Å². The number of ketones is 1. The van der Waals surface area contributed by atoms with Crippen molar-refractivity contribution < 1.29 is 14.3 Å². The van der Waals surface area contributed by atoms with E-state index in [4.69, 9.17) is 4.74 Å². The average Bonchev–Trinajstić information content (AvgIpc) is 2.27. The van der Waals surface area contributed by atoms with Gasteiger partial charge in [-0.3, -0.25) is 4.79 Å². The van der Waals surface area contributed by atoms with E-state index < -0.39 is 12.1 Å². The van der Waals surface area contributed by atoms with Crippen molar-refractivity contribution in [2.75, 3.05) is 18.6 Å². The minimum Gasteiger partial charge on any atom is -0.450 e. The lowest BCUT2D eigenvalue weighted by Crippen LogP contribution is -2.40. The number of hydrogen-bond acceptors (Lipinski definition) is 4. The van der Waals surface area contributed by atoms with Crippen LogP contribution < -0.4 is 5.32 Å². The molecule has 0 fully saturated rings. The van der Waals surface area contributed by atoms with E-state index in [9.17, 15) is 9.59 Å². The number of nitrogens with one attached hydrogen (secondary N) is 1. The van der Waals surface area contributed by atoms with Crippen molar-refractivity contribution in [2.45, 2.75) is 40.2 Å². The van der Waals surface area contributed by atoms with E-state index in [1.54, 1.807) is 18.7 Å². The van der Waals surface area contributed by atoms with E-state index in [1.165, 1.54) is 6.92 Å². The molecule has 1 amide bonds. The summed E-state index contributed by atoms with van der Waals surface area (Å²) in [6.07, 6.45) is 2.09. The van der Waals surface area contributed by atoms with Gasteiger partial charge in [-0.2, -0.15) is 11.8 Å². The summed E-state index contributed by atoms with van der Waals surface area (Å²) in [5.41, 5.74) is 0. The minimum absolute atomic E-state index is 0.0351. The van der Waals surface area contributed by atoms with Crippen LogP contribution in [-0.4, -0.2) is 36.5 Å². The zero-order valence-corrected chi connectivity index (χ0v) is 11.6. The summed E-state index contributed by atoms with van der Waals surface area (Å²) in [4.78, 5) is 22.1. The predicted octanol–water partition coefficient (Wildman–Crippen LogP) is 2.47. The smallest absolute Gasteiger partial charge is 0.407 e. The first-order chi connectivity index (χ1) is 7.61. The number of amides is 1. The van der Waals surface area contributed by atoms with Crippen molar-refractivity contribution in [3.63, 3.8) is 0 Å². The van der Waals surface area contributed by atoms with Crippen molar-refractivity contribution in [3.05, 3.63) is 0 Å². The molecule has 96 valence electrons. The van der Waals surface area contributed by atoms with E-state index >= 15 is 0 Å². The number of hydrogen-bond donors (Lipinski definition) is 1. The summed E-state index contributed by atoms with van der Waals surface area (Å²) in [5.74, 6) is 0.809. The molecular formula is C11H23NO3S. The predicted molar refractivity (Wildman–Crippen MR) is 69.0 cm³/mol. The van der Waals surface area contributed by atoms with Gasteiger partial charge in [-0.05, 0) is 32.3 Å². The molecule has 5 heteroatoms. The molecule has 0 radical (unpaired) electrons. The van der Waals surface area contributed by atoms with Crippen LogP contribution in [-0.2, 0) is 9.53 Å². The summed E-state index contributed by atoms with van der Waals surface area (Å²) in [6, 6.07) is -0.415. The quantitative estimate of drug-likeness (QED) is 0.785. The molecule has 0 saturated heterocycles. The Kier molecular flexibility index (Phi) is 13.7. The largest absolute Gasteiger partial charge is 0.450 e. The van der Waals surface area contributed by atoms with Gasteiger partial charge in [-0.15, -0.1) is 0 Å². The molecule has 0 rings (SSSR count). The third-order valence-electron chi connectivity index (χ3n) is 1.67. The number of carbonyl (C=O) groups is 2. The van der Waals surface area contributed by atoms with Gasteiger partial charge in [0.1, 0.15) is 0 Å². The lowest BCUT2D eigenvalue weighted by Gasteiger charge is -2.14. The van der Waals surface area contributed by atoms with Crippen LogP contribution in [0.4, 0.5) is 4.79 Å². The molecule has 1 atom stereocenters. The fourth-order valence-electron chi connectivity index (χ4n) is 0.928. The minimum atomic E-state index is -0.520. The first-order valence-electron chi connectivity index (χ1n) is 5.54. The van der Waals surface area contributed by atoms with Crippen LogP contribution in [0.1, 0.15) is 34.1 Å². The Morgan fingerprint density at radius 1 is 1.38 bits per heavy atom. The molecule has 0 aliphatic heterocycles. The van der Waals surface area contributed by atoms with E-state index in [-0.39, 0.29) is 5.78 Å². The van der Waals surface area contributed by atoms with Gasteiger partial charge in [0, 0.05) is 0 Å². The third kappa shape index (κ3) is 9.83. The van der Waals surface area contributed by atoms with Crippen molar-refractivity contribution in [3.8, 4) is 0 Å². The average molecular weight is 249 g/mol. The maximum absolute atomic E-state index is 11.1. The van der Waals surface area contributed by atoms with Gasteiger partial charge in [0.15, 0.2) is 5.78 Å². The fraction of sp³-hybridized carbons (Fsp3) is 0.818. The number of ether oxygens (including phenoxy) is 1. The van der Waals surface area contributed by atoms with Gasteiger partial charge in [0.25, 0.3) is 0 Å². The summed E-state index contributed by atoms with van der Waals surface area (Å²) < 4.78 is 4.69. The molecule has 4 nitrogen and oxygen atoms in total. The summed E-state index contributed by atoms with van der Waals surface area (Å²) >= 11 is 1.64. The Hall–Kier alpha value is -0.710. The van der Waals surface area contributed by atoms with Gasteiger partial charge in [-0.1, -0.05) is 13.8 Å². The second-order valence-electron chi connectivity index (χ2n) is 2.81. The molecule has 0 saturated carbocycles. The lowest BCUT2D eigenvalue weighted by atomic mass is 10.1. The summed E-state index contributed by atoms with van der Waals surface area (Å²) in [7, 11) is 0. The molecule has 0 spiro atoms. The molecule has 0 bridgehead atoms. The monoisotopic (exact) mass is 249 g/mol. The number of thioether (sulfide) groups is 1. The van der Waals surface area contributed by atoms with Crippen molar-refractivity contribution in [1.29, 1.82) is 0 Å². The van der Waals surface area contributed by atoms with Gasteiger partial charge in [0.2, 0.25) is 0 Å². The molecular weight excluding hydrogens is 226 g/mol. The molecule has 0 aliphatic carbocycles. The molecule has 0 heterocycles. The molecule has 0 aromatic rings. The first kappa shape index (κ1) is 17.7. The highest BCUT2D eigenvalue weighted by Gasteiger charge is 2.16. The highest BCUT2D eigenvalue weighted by atomic mass is 32.2. The molecule has 0 aromatic heterocycles. The van der Waals surface area contributed by atoms with E-state index in [2.05, 4.69) is 5.32 Å². The molecule has 1 N–H and O–H groups in total. The molecule has 0 aromatic carbocycles. The van der Waals surface area contributed by atoms with Gasteiger partial charge in [-0.25, -0.2) is 4.79 Å². The number of rotatable bonds is 6. The van der Waals surface area contributed by atoms with Crippen molar-refractivity contribution in [2.24, 2.45) is 0 Å². The Labute approximate surface area is 103 Å². The highest BCUT2D eigenvalue weighted by Crippen LogP contribution is 2.02. The van der Waals surface area contributed by atoms with E-state index in [1.807, 2.05) is 20.1 Å². The highest BCUT2D eigenvalue weighted by molar-refractivity contribution is 7.98. The van der Waals surface area contributed by atoms with Crippen molar-refractivity contribution >= 4 is 23.6 Å². The second-order valence-corrected chi connectivity index (χ2v) is 3.80. The first-order valence-corrected chi connectivity index (χ1v) is 6.93. The molecule has 0 aliphatic rings. The normalized spacial score (nSPS) is 10.8. The van der Waals surface area contributed by atoms with E-state index in [0.717, 1.165) is 5.75 Å². The maximum Gasteiger partial charge on any atom is 0.407 e. The van der Waals surface area contributed by atoms with Crippen LogP contribution in [0, 0.1) is 0 Å². The van der Waals surface area contributed by atoms with Gasteiger partial charge >= 0.3 is 6.09 Å². The topological polar surface area (TPSA) is 55.4 Å². The van der Waals surface area contributed by atoms with E-state index in [0.29, 0.717) is 13.0 Å². The Morgan fingerprint density at radius 2 is 1.94 bits per heavy atom. The number of carbonyl (C=O) groups excluding carboxylic acids is 2. The SMILES string of the molecule is CC.CCOC(=O)NC(CCSC)C(C)=O. The summed E-state index contributed by atoms with van der Waals surface area (Å²) in [5, 5.41) is 2.53. The Balaban J connectivity index is 0. The Bertz CT molecular complexity index is 198. The van der Waals surface area contributed by atoms with Crippen molar-refractivity contribution in [1.82, 2.24) is 5.32 Å². The summed E-state index contributed by atoms with van der Waals surface area (Å²) in [6.45, 7) is 7.51. The zero-order chi connectivity index (χ0) is 13.0. The van der Waals surface area contributed by atoms with Crippen LogP contribution in [0.25, 0.3) is 0 Å². The third-order valence-corrected chi connectivity index (χ3v) is 2.31.